The summed E-state index contributed by atoms with van der Waals surface area (Å²) in [6.45, 7) is 4.32. The Morgan fingerprint density at radius 3 is 2.50 bits per heavy atom. The van der Waals surface area contributed by atoms with E-state index in [1.807, 2.05) is 36.5 Å². The molecule has 0 bridgehead atoms. The number of aromatic nitrogens is 2. The molecule has 0 aliphatic heterocycles. The number of methoxy groups -OCH3 is 1. The zero-order chi connectivity index (χ0) is 23.9. The summed E-state index contributed by atoms with van der Waals surface area (Å²) in [5, 5.41) is 8.26. The highest BCUT2D eigenvalue weighted by Gasteiger charge is 2.16. The number of carbonyl (C=O) groups is 1. The van der Waals surface area contributed by atoms with Crippen molar-refractivity contribution >= 4 is 34.1 Å². The van der Waals surface area contributed by atoms with E-state index in [4.69, 9.17) is 9.47 Å². The Labute approximate surface area is 199 Å². The van der Waals surface area contributed by atoms with Crippen molar-refractivity contribution in [1.29, 1.82) is 0 Å². The highest BCUT2D eigenvalue weighted by Crippen LogP contribution is 2.38. The van der Waals surface area contributed by atoms with Crippen molar-refractivity contribution in [1.82, 2.24) is 10.2 Å². The van der Waals surface area contributed by atoms with Crippen LogP contribution in [-0.2, 0) is 9.53 Å². The van der Waals surface area contributed by atoms with Gasteiger partial charge in [0.15, 0.2) is 0 Å². The van der Waals surface area contributed by atoms with Crippen molar-refractivity contribution in [3.63, 3.8) is 0 Å². The minimum absolute atomic E-state index is 0.343. The number of aromatic amines is 1. The van der Waals surface area contributed by atoms with Gasteiger partial charge in [-0.2, -0.15) is 5.10 Å². The molecule has 0 amide bonds. The molecule has 5 nitrogen and oxygen atoms in total. The second-order valence-corrected chi connectivity index (χ2v) is 7.79. The van der Waals surface area contributed by atoms with Crippen LogP contribution in [0.5, 0.6) is 5.75 Å². The third kappa shape index (κ3) is 4.94. The normalized spacial score (nSPS) is 12.1. The second-order valence-electron chi connectivity index (χ2n) is 7.79. The number of nitrogens with one attached hydrogen (secondary N) is 1. The number of para-hydroxylation sites is 1. The van der Waals surface area contributed by atoms with E-state index >= 15 is 0 Å². The Hall–Kier alpha value is -4.12. The molecule has 0 aliphatic rings. The van der Waals surface area contributed by atoms with Crippen LogP contribution in [0.15, 0.2) is 79.0 Å². The molecule has 0 atom stereocenters. The average molecular weight is 453 g/mol. The summed E-state index contributed by atoms with van der Waals surface area (Å²) in [6.07, 6.45) is 5.89. The number of esters is 1. The minimum atomic E-state index is -0.343. The van der Waals surface area contributed by atoms with Gasteiger partial charge in [-0.3, -0.25) is 5.10 Å². The van der Waals surface area contributed by atoms with Gasteiger partial charge in [0.1, 0.15) is 5.75 Å². The van der Waals surface area contributed by atoms with Crippen molar-refractivity contribution in [3.8, 4) is 5.75 Å². The number of nitrogens with zero attached hydrogens (tertiary/aromatic N) is 1. The summed E-state index contributed by atoms with van der Waals surface area (Å²) < 4.78 is 10.7. The first-order valence-corrected chi connectivity index (χ1v) is 11.4. The lowest BCUT2D eigenvalue weighted by Gasteiger charge is -2.18. The van der Waals surface area contributed by atoms with Crippen LogP contribution in [0.4, 0.5) is 0 Å². The van der Waals surface area contributed by atoms with E-state index in [1.165, 1.54) is 11.6 Å². The van der Waals surface area contributed by atoms with Crippen molar-refractivity contribution < 1.29 is 14.3 Å². The predicted molar refractivity (Wildman–Crippen MR) is 137 cm³/mol. The molecule has 1 heterocycles. The van der Waals surface area contributed by atoms with E-state index in [1.54, 1.807) is 20.1 Å². The van der Waals surface area contributed by atoms with Crippen LogP contribution < -0.4 is 4.74 Å². The van der Waals surface area contributed by atoms with E-state index in [2.05, 4.69) is 53.5 Å². The van der Waals surface area contributed by atoms with Crippen LogP contribution in [-0.4, -0.2) is 29.9 Å². The number of allylic oxidation sites excluding steroid dienone is 1. The average Bonchev–Trinajstić information content (AvgIpc) is 3.34. The quantitative estimate of drug-likeness (QED) is 0.188. The summed E-state index contributed by atoms with van der Waals surface area (Å²) in [5.41, 5.74) is 7.51. The molecule has 4 rings (SSSR count). The number of hydrogen-bond acceptors (Lipinski definition) is 4. The highest BCUT2D eigenvalue weighted by molar-refractivity contribution is 6.01. The van der Waals surface area contributed by atoms with Gasteiger partial charge in [-0.1, -0.05) is 55.5 Å². The van der Waals surface area contributed by atoms with Gasteiger partial charge in [0.2, 0.25) is 0 Å². The van der Waals surface area contributed by atoms with Gasteiger partial charge in [-0.25, -0.2) is 4.79 Å². The predicted octanol–water partition coefficient (Wildman–Crippen LogP) is 6.52. The molecule has 3 aromatic carbocycles. The first-order chi connectivity index (χ1) is 16.6. The first kappa shape index (κ1) is 23.1. The molecule has 0 saturated carbocycles. The van der Waals surface area contributed by atoms with E-state index in [0.29, 0.717) is 6.61 Å². The van der Waals surface area contributed by atoms with Gasteiger partial charge >= 0.3 is 5.97 Å². The minimum Gasteiger partial charge on any atom is -0.496 e. The fraction of sp³-hybridized carbons (Fsp3) is 0.172. The van der Waals surface area contributed by atoms with Crippen LogP contribution in [0.1, 0.15) is 42.5 Å². The van der Waals surface area contributed by atoms with Crippen LogP contribution in [0.3, 0.4) is 0 Å². The number of carbonyl (C=O) groups excluding carboxylic acids is 1. The number of hydrogen-bond donors (Lipinski definition) is 1. The summed E-state index contributed by atoms with van der Waals surface area (Å²) in [5.74, 6) is 0.500. The fourth-order valence-electron chi connectivity index (χ4n) is 4.12. The molecule has 0 saturated heterocycles. The van der Waals surface area contributed by atoms with Crippen LogP contribution >= 0.6 is 0 Å². The van der Waals surface area contributed by atoms with Crippen LogP contribution in [0.25, 0.3) is 28.1 Å². The molecule has 0 fully saturated rings. The maximum absolute atomic E-state index is 11.7. The van der Waals surface area contributed by atoms with Crippen molar-refractivity contribution in [2.75, 3.05) is 13.7 Å². The maximum atomic E-state index is 11.7. The zero-order valence-corrected chi connectivity index (χ0v) is 19.7. The number of benzene rings is 3. The van der Waals surface area contributed by atoms with E-state index < -0.39 is 0 Å². The largest absolute Gasteiger partial charge is 0.496 e. The molecule has 0 aliphatic carbocycles. The third-order valence-corrected chi connectivity index (χ3v) is 5.71. The Morgan fingerprint density at radius 2 is 1.76 bits per heavy atom. The SMILES string of the molecule is CCOC(=O)C=Cc1ccc(C(=C(CC)c2ccccc2OC)c2ccc3[nH]ncc3c2)cc1. The van der Waals surface area contributed by atoms with Gasteiger partial charge in [-0.05, 0) is 65.5 Å². The van der Waals surface area contributed by atoms with Crippen LogP contribution in [0, 0.1) is 0 Å². The van der Waals surface area contributed by atoms with Gasteiger partial charge in [0, 0.05) is 17.0 Å². The van der Waals surface area contributed by atoms with Gasteiger partial charge in [0.05, 0.1) is 25.4 Å². The Balaban J connectivity index is 1.86. The molecule has 1 N–H and O–H groups in total. The summed E-state index contributed by atoms with van der Waals surface area (Å²) >= 11 is 0. The lowest BCUT2D eigenvalue weighted by molar-refractivity contribution is -0.137. The van der Waals surface area contributed by atoms with Crippen molar-refractivity contribution in [2.24, 2.45) is 0 Å². The Bertz CT molecular complexity index is 1350. The Kier molecular flexibility index (Phi) is 7.23. The van der Waals surface area contributed by atoms with Crippen molar-refractivity contribution in [2.45, 2.75) is 20.3 Å². The number of ether oxygens (including phenoxy) is 2. The van der Waals surface area contributed by atoms with Crippen LogP contribution in [0.2, 0.25) is 0 Å². The molecule has 0 radical (unpaired) electrons. The van der Waals surface area contributed by atoms with E-state index in [-0.39, 0.29) is 5.97 Å². The molecule has 5 heteroatoms. The number of fused-ring (bicyclic) bond motifs is 1. The summed E-state index contributed by atoms with van der Waals surface area (Å²) in [7, 11) is 1.70. The lowest BCUT2D eigenvalue weighted by atomic mass is 9.87. The third-order valence-electron chi connectivity index (χ3n) is 5.71. The second kappa shape index (κ2) is 10.7. The standard InChI is InChI=1S/C29H28N2O3/c1-4-24(25-8-6-7-9-27(25)33-3)29(22-15-16-26-23(18-22)19-30-31-26)21-13-10-20(11-14-21)12-17-28(32)34-5-2/h6-19H,4-5H2,1-3H3,(H,30,31). The van der Waals surface area contributed by atoms with E-state index in [9.17, 15) is 4.79 Å². The fourth-order valence-corrected chi connectivity index (χ4v) is 4.12. The monoisotopic (exact) mass is 452 g/mol. The van der Waals surface area contributed by atoms with Gasteiger partial charge in [0.25, 0.3) is 0 Å². The molecule has 34 heavy (non-hydrogen) atoms. The molecule has 0 spiro atoms. The molecule has 4 aromatic rings. The molecule has 1 aromatic heterocycles. The van der Waals surface area contributed by atoms with E-state index in [0.717, 1.165) is 50.9 Å². The van der Waals surface area contributed by atoms with Gasteiger partial charge in [-0.15, -0.1) is 0 Å². The zero-order valence-electron chi connectivity index (χ0n) is 19.7. The first-order valence-electron chi connectivity index (χ1n) is 11.4. The smallest absolute Gasteiger partial charge is 0.330 e. The highest BCUT2D eigenvalue weighted by atomic mass is 16.5. The maximum Gasteiger partial charge on any atom is 0.330 e. The Morgan fingerprint density at radius 1 is 1.00 bits per heavy atom. The molecular formula is C29H28N2O3. The number of rotatable bonds is 8. The molecule has 172 valence electrons. The summed E-state index contributed by atoms with van der Waals surface area (Å²) in [6, 6.07) is 22.7. The lowest BCUT2D eigenvalue weighted by Crippen LogP contribution is -1.99. The van der Waals surface area contributed by atoms with Gasteiger partial charge < -0.3 is 9.47 Å². The van der Waals surface area contributed by atoms with Crippen molar-refractivity contribution in [3.05, 3.63) is 101 Å². The number of H-pyrrole nitrogens is 1. The molecular weight excluding hydrogens is 424 g/mol. The molecule has 0 unspecified atom stereocenters. The summed E-state index contributed by atoms with van der Waals surface area (Å²) in [4.78, 5) is 11.7. The topological polar surface area (TPSA) is 64.2 Å².